The molecule has 0 radical (unpaired) electrons. The summed E-state index contributed by atoms with van der Waals surface area (Å²) in [7, 11) is 3.25. The maximum absolute atomic E-state index is 10.9. The molecule has 0 aromatic rings. The first-order chi connectivity index (χ1) is 4.33. The Morgan fingerprint density at radius 2 is 2.00 bits per heavy atom. The second kappa shape index (κ2) is 3.81. The molecule has 0 saturated heterocycles. The van der Waals surface area contributed by atoms with Crippen molar-refractivity contribution in [1.82, 2.24) is 4.90 Å². The largest absolute Gasteiger partial charge is 0.346 e. The first-order valence-corrected chi connectivity index (χ1v) is 6.82. The molecule has 3 nitrogen and oxygen atoms in total. The number of hydrogen-bond acceptors (Lipinski definition) is 4. The Balaban J connectivity index is 3.81. The summed E-state index contributed by atoms with van der Waals surface area (Å²) in [6, 6.07) is 0. The molecule has 0 rings (SSSR count). The average molecular weight is 200 g/mol. The number of thiol groups is 2. The summed E-state index contributed by atoms with van der Waals surface area (Å²) in [4.78, 5) is 21.3. The van der Waals surface area contributed by atoms with Crippen LogP contribution in [0.3, 0.4) is 0 Å². The minimum Gasteiger partial charge on any atom is -0.346 e. The number of rotatable bonds is 2. The van der Waals surface area contributed by atoms with E-state index >= 15 is 0 Å². The van der Waals surface area contributed by atoms with Gasteiger partial charge in [0.15, 0.2) is 6.16 Å². The first kappa shape index (κ1) is 10.6. The van der Waals surface area contributed by atoms with Gasteiger partial charge in [-0.05, 0) is 0 Å². The van der Waals surface area contributed by atoms with Crippen molar-refractivity contribution < 1.29 is 9.69 Å². The average Bonchev–Trinajstić information content (AvgIpc) is 1.60. The lowest BCUT2D eigenvalue weighted by molar-refractivity contribution is -0.126. The van der Waals surface area contributed by atoms with Crippen molar-refractivity contribution in [3.8, 4) is 0 Å². The molecule has 0 spiro atoms. The molecule has 0 atom stereocenters. The monoisotopic (exact) mass is 200 g/mol. The Kier molecular flexibility index (Phi) is 4.02. The first-order valence-electron chi connectivity index (χ1n) is 2.59. The zero-order valence-electron chi connectivity index (χ0n) is 5.85. The van der Waals surface area contributed by atoms with Crippen LogP contribution >= 0.6 is 30.4 Å². The van der Waals surface area contributed by atoms with Gasteiger partial charge in [0.1, 0.15) is 0 Å². The van der Waals surface area contributed by atoms with Crippen molar-refractivity contribution in [3.05, 3.63) is 0 Å². The Morgan fingerprint density at radius 1 is 1.60 bits per heavy atom. The van der Waals surface area contributed by atoms with Gasteiger partial charge in [-0.15, -0.1) is 0 Å². The zero-order valence-corrected chi connectivity index (χ0v) is 8.53. The number of amides is 1. The Bertz CT molecular complexity index is 134. The molecule has 1 N–H and O–H groups in total. The van der Waals surface area contributed by atoms with Gasteiger partial charge in [0, 0.05) is 38.6 Å². The second-order valence-electron chi connectivity index (χ2n) is 2.14. The number of hydrogen-bond donors (Lipinski definition) is 3. The van der Waals surface area contributed by atoms with E-state index in [9.17, 15) is 4.79 Å². The van der Waals surface area contributed by atoms with Crippen molar-refractivity contribution in [1.29, 1.82) is 0 Å². The van der Waals surface area contributed by atoms with Crippen LogP contribution in [0.25, 0.3) is 0 Å². The van der Waals surface area contributed by atoms with E-state index < -0.39 is 5.89 Å². The highest BCUT2D eigenvalue weighted by atomic mass is 33.1. The molecule has 0 aliphatic rings. The highest BCUT2D eigenvalue weighted by molar-refractivity contribution is 8.83. The van der Waals surface area contributed by atoms with Gasteiger partial charge in [0.05, 0.1) is 0 Å². The van der Waals surface area contributed by atoms with E-state index in [1.54, 1.807) is 14.1 Å². The van der Waals surface area contributed by atoms with Crippen LogP contribution in [0.4, 0.5) is 0 Å². The van der Waals surface area contributed by atoms with Crippen LogP contribution in [-0.2, 0) is 4.79 Å². The van der Waals surface area contributed by atoms with E-state index in [0.29, 0.717) is 0 Å². The fraction of sp³-hybridized carbons (Fsp3) is 0.750. The van der Waals surface area contributed by atoms with E-state index in [1.807, 2.05) is 0 Å². The molecule has 1 amide bonds. The number of nitrogens with zero attached hydrogens (tertiary/aromatic N) is 1. The molecular formula is C4H11NO2PS2+. The Hall–Kier alpha value is 0.560. The van der Waals surface area contributed by atoms with E-state index in [0.717, 1.165) is 0 Å². The molecule has 0 fully saturated rings. The van der Waals surface area contributed by atoms with Crippen molar-refractivity contribution >= 4 is 36.3 Å². The third-order valence-electron chi connectivity index (χ3n) is 0.846. The van der Waals surface area contributed by atoms with Crippen molar-refractivity contribution in [2.24, 2.45) is 0 Å². The summed E-state index contributed by atoms with van der Waals surface area (Å²) in [5.74, 6) is -2.68. The van der Waals surface area contributed by atoms with Crippen molar-refractivity contribution in [3.63, 3.8) is 0 Å². The minimum atomic E-state index is -2.53. The lowest BCUT2D eigenvalue weighted by Gasteiger charge is -2.10. The third kappa shape index (κ3) is 5.35. The maximum Gasteiger partial charge on any atom is 0.264 e. The van der Waals surface area contributed by atoms with Gasteiger partial charge in [0.2, 0.25) is 0 Å². The highest BCUT2D eigenvalue weighted by Gasteiger charge is 2.30. The standard InChI is InChI=1S/C4H11NO2PS2/c1-5(2)4(6)3-8(7,9)10/h7,9-10H,3H2,1-2H3/q+1. The summed E-state index contributed by atoms with van der Waals surface area (Å²) in [5, 5.41) is 0. The predicted molar refractivity (Wildman–Crippen MR) is 50.7 cm³/mol. The van der Waals surface area contributed by atoms with E-state index in [1.165, 1.54) is 4.90 Å². The van der Waals surface area contributed by atoms with Gasteiger partial charge < -0.3 is 4.90 Å². The van der Waals surface area contributed by atoms with Gasteiger partial charge in [0.25, 0.3) is 11.8 Å². The zero-order chi connectivity index (χ0) is 8.36. The molecule has 0 aromatic carbocycles. The predicted octanol–water partition coefficient (Wildman–Crippen LogP) is 0.689. The van der Waals surface area contributed by atoms with Gasteiger partial charge >= 0.3 is 0 Å². The minimum absolute atomic E-state index is 0.0201. The Labute approximate surface area is 71.5 Å². The van der Waals surface area contributed by atoms with Gasteiger partial charge in [-0.1, -0.05) is 0 Å². The van der Waals surface area contributed by atoms with Crippen LogP contribution in [0.5, 0.6) is 0 Å². The lowest BCUT2D eigenvalue weighted by Crippen LogP contribution is -2.24. The van der Waals surface area contributed by atoms with Crippen LogP contribution < -0.4 is 0 Å². The summed E-state index contributed by atoms with van der Waals surface area (Å²) in [6.45, 7) is 0. The molecule has 10 heavy (non-hydrogen) atoms. The Morgan fingerprint density at radius 3 is 2.10 bits per heavy atom. The van der Waals surface area contributed by atoms with Gasteiger partial charge in [-0.2, -0.15) is 0 Å². The molecule has 0 bridgehead atoms. The van der Waals surface area contributed by atoms with Gasteiger partial charge in [-0.3, -0.25) is 4.79 Å². The quantitative estimate of drug-likeness (QED) is 0.453. The summed E-state index contributed by atoms with van der Waals surface area (Å²) >= 11 is 7.54. The molecule has 0 saturated carbocycles. The molecule has 60 valence electrons. The van der Waals surface area contributed by atoms with Gasteiger partial charge in [-0.25, -0.2) is 4.89 Å². The second-order valence-corrected chi connectivity index (χ2v) is 8.76. The van der Waals surface area contributed by atoms with Crippen LogP contribution in [0.15, 0.2) is 0 Å². The molecular weight excluding hydrogens is 189 g/mol. The van der Waals surface area contributed by atoms with Crippen molar-refractivity contribution in [2.75, 3.05) is 20.3 Å². The fourth-order valence-electron chi connectivity index (χ4n) is 0.323. The fourth-order valence-corrected chi connectivity index (χ4v) is 1.69. The highest BCUT2D eigenvalue weighted by Crippen LogP contribution is 2.63. The molecule has 0 aliphatic carbocycles. The molecule has 0 unspecified atom stereocenters. The van der Waals surface area contributed by atoms with Crippen LogP contribution in [0, 0.1) is 0 Å². The van der Waals surface area contributed by atoms with E-state index in [-0.39, 0.29) is 12.1 Å². The maximum atomic E-state index is 10.9. The lowest BCUT2D eigenvalue weighted by atomic mass is 10.6. The van der Waals surface area contributed by atoms with Crippen molar-refractivity contribution in [2.45, 2.75) is 0 Å². The van der Waals surface area contributed by atoms with Crippen LogP contribution in [0.2, 0.25) is 0 Å². The number of carbonyl (C=O) groups is 1. The molecule has 0 aliphatic heterocycles. The topological polar surface area (TPSA) is 40.5 Å². The molecule has 0 heterocycles. The SMILES string of the molecule is CN(C)C(=O)C[P+](O)(S)S. The third-order valence-corrected chi connectivity index (χ3v) is 2.39. The summed E-state index contributed by atoms with van der Waals surface area (Å²) < 4.78 is 0. The smallest absolute Gasteiger partial charge is 0.264 e. The normalized spacial score (nSPS) is 11.3. The van der Waals surface area contributed by atoms with E-state index in [4.69, 9.17) is 4.89 Å². The van der Waals surface area contributed by atoms with Crippen LogP contribution in [-0.4, -0.2) is 36.0 Å². The van der Waals surface area contributed by atoms with Crippen LogP contribution in [0.1, 0.15) is 0 Å². The summed E-state index contributed by atoms with van der Waals surface area (Å²) in [6.07, 6.45) is 0.0201. The molecule has 0 aromatic heterocycles. The van der Waals surface area contributed by atoms with E-state index in [2.05, 4.69) is 24.5 Å². The summed E-state index contributed by atoms with van der Waals surface area (Å²) in [5.41, 5.74) is 0. The number of carbonyl (C=O) groups excluding carboxylic acids is 1. The molecule has 6 heteroatoms.